The summed E-state index contributed by atoms with van der Waals surface area (Å²) in [5.41, 5.74) is 0.803. The molecule has 0 aliphatic heterocycles. The third kappa shape index (κ3) is 4.22. The molecule has 1 amide bonds. The number of nitrogens with one attached hydrogen (secondary N) is 1. The van der Waals surface area contributed by atoms with Crippen LogP contribution >= 0.6 is 23.4 Å². The highest BCUT2D eigenvalue weighted by Crippen LogP contribution is 2.28. The molecule has 7 heteroatoms. The summed E-state index contributed by atoms with van der Waals surface area (Å²) >= 11 is 7.07. The largest absolute Gasteiger partial charge is 0.411 e. The zero-order chi connectivity index (χ0) is 14.7. The topological polar surface area (TPSA) is 68.0 Å². The van der Waals surface area contributed by atoms with Crippen molar-refractivity contribution >= 4 is 29.3 Å². The fourth-order valence-electron chi connectivity index (χ4n) is 1.74. The van der Waals surface area contributed by atoms with E-state index >= 15 is 0 Å². The number of thioether (sulfide) groups is 1. The highest BCUT2D eigenvalue weighted by Gasteiger charge is 2.21. The standard InChI is InChI=1S/C14H14ClN3O2S/c15-11-5-3-10(4-6-11)13-17-18-14(20-13)21-8-12(19)16-7-9-1-2-9/h3-6,9H,1-2,7-8H2,(H,16,19). The fourth-order valence-corrected chi connectivity index (χ4v) is 2.45. The van der Waals surface area contributed by atoms with Gasteiger partial charge in [0.25, 0.3) is 5.22 Å². The lowest BCUT2D eigenvalue weighted by Gasteiger charge is -2.01. The molecule has 1 fully saturated rings. The van der Waals surface area contributed by atoms with Crippen LogP contribution in [0.2, 0.25) is 5.02 Å². The SMILES string of the molecule is O=C(CSc1nnc(-c2ccc(Cl)cc2)o1)NCC1CC1. The molecule has 1 saturated carbocycles. The van der Waals surface area contributed by atoms with E-state index in [0.717, 1.165) is 12.1 Å². The summed E-state index contributed by atoms with van der Waals surface area (Å²) in [6, 6.07) is 7.15. The van der Waals surface area contributed by atoms with Gasteiger partial charge in [-0.15, -0.1) is 10.2 Å². The molecule has 1 aromatic carbocycles. The smallest absolute Gasteiger partial charge is 0.277 e. The summed E-state index contributed by atoms with van der Waals surface area (Å²) < 4.78 is 5.52. The van der Waals surface area contributed by atoms with E-state index in [4.69, 9.17) is 16.0 Å². The van der Waals surface area contributed by atoms with Gasteiger partial charge in [-0.25, -0.2) is 0 Å². The van der Waals surface area contributed by atoms with E-state index in [2.05, 4.69) is 15.5 Å². The Morgan fingerprint density at radius 2 is 2.10 bits per heavy atom. The van der Waals surface area contributed by atoms with Crippen molar-refractivity contribution < 1.29 is 9.21 Å². The number of amides is 1. The predicted octanol–water partition coefficient (Wildman–Crippen LogP) is 3.01. The molecule has 2 aromatic rings. The molecular formula is C14H14ClN3O2S. The first kappa shape index (κ1) is 14.4. The second kappa shape index (κ2) is 6.49. The molecule has 3 rings (SSSR count). The van der Waals surface area contributed by atoms with Crippen LogP contribution < -0.4 is 5.32 Å². The summed E-state index contributed by atoms with van der Waals surface area (Å²) in [4.78, 5) is 11.6. The molecule has 0 spiro atoms. The molecule has 5 nitrogen and oxygen atoms in total. The maximum absolute atomic E-state index is 11.6. The zero-order valence-corrected chi connectivity index (χ0v) is 12.8. The molecule has 0 bridgehead atoms. The van der Waals surface area contributed by atoms with Crippen molar-refractivity contribution in [2.24, 2.45) is 5.92 Å². The van der Waals surface area contributed by atoms with Gasteiger partial charge in [-0.3, -0.25) is 4.79 Å². The third-order valence-corrected chi connectivity index (χ3v) is 4.18. The Hall–Kier alpha value is -1.53. The molecule has 1 aliphatic carbocycles. The molecule has 1 aromatic heterocycles. The van der Waals surface area contributed by atoms with Gasteiger partial charge in [0.1, 0.15) is 0 Å². The summed E-state index contributed by atoms with van der Waals surface area (Å²) in [5, 5.41) is 11.8. The van der Waals surface area contributed by atoms with Crippen molar-refractivity contribution in [2.45, 2.75) is 18.1 Å². The summed E-state index contributed by atoms with van der Waals surface area (Å²) in [6.45, 7) is 0.777. The number of rotatable bonds is 6. The average Bonchev–Trinajstić information content (AvgIpc) is 3.20. The van der Waals surface area contributed by atoms with Crippen molar-refractivity contribution in [3.05, 3.63) is 29.3 Å². The van der Waals surface area contributed by atoms with Gasteiger partial charge in [-0.05, 0) is 43.0 Å². The van der Waals surface area contributed by atoms with E-state index in [9.17, 15) is 4.79 Å². The summed E-state index contributed by atoms with van der Waals surface area (Å²) in [6.07, 6.45) is 2.45. The molecule has 0 radical (unpaired) electrons. The third-order valence-electron chi connectivity index (χ3n) is 3.11. The number of hydrogen-bond acceptors (Lipinski definition) is 5. The van der Waals surface area contributed by atoms with Crippen LogP contribution in [0.25, 0.3) is 11.5 Å². The zero-order valence-electron chi connectivity index (χ0n) is 11.2. The van der Waals surface area contributed by atoms with Gasteiger partial charge in [-0.1, -0.05) is 23.4 Å². The Bertz CT molecular complexity index is 625. The van der Waals surface area contributed by atoms with Crippen LogP contribution in [-0.2, 0) is 4.79 Å². The van der Waals surface area contributed by atoms with E-state index in [0.29, 0.717) is 22.1 Å². The normalized spacial score (nSPS) is 14.1. The number of benzene rings is 1. The van der Waals surface area contributed by atoms with Crippen molar-refractivity contribution in [3.8, 4) is 11.5 Å². The van der Waals surface area contributed by atoms with Crippen LogP contribution in [-0.4, -0.2) is 28.4 Å². The highest BCUT2D eigenvalue weighted by atomic mass is 35.5. The Morgan fingerprint density at radius 3 is 2.81 bits per heavy atom. The summed E-state index contributed by atoms with van der Waals surface area (Å²) in [5.74, 6) is 1.39. The molecule has 0 atom stereocenters. The molecule has 110 valence electrons. The molecule has 0 unspecified atom stereocenters. The quantitative estimate of drug-likeness (QED) is 0.828. The van der Waals surface area contributed by atoms with Crippen LogP contribution in [0.4, 0.5) is 0 Å². The lowest BCUT2D eigenvalue weighted by Crippen LogP contribution is -2.27. The van der Waals surface area contributed by atoms with Gasteiger partial charge in [0.2, 0.25) is 11.8 Å². The fraction of sp³-hybridized carbons (Fsp3) is 0.357. The molecule has 21 heavy (non-hydrogen) atoms. The second-order valence-electron chi connectivity index (χ2n) is 4.92. The number of aromatic nitrogens is 2. The minimum atomic E-state index is -0.00172. The first-order valence-corrected chi connectivity index (χ1v) is 8.06. The van der Waals surface area contributed by atoms with Crippen LogP contribution in [0.5, 0.6) is 0 Å². The number of halogens is 1. The first-order chi connectivity index (χ1) is 10.2. The highest BCUT2D eigenvalue weighted by molar-refractivity contribution is 7.99. The maximum atomic E-state index is 11.6. The van der Waals surface area contributed by atoms with Gasteiger partial charge < -0.3 is 9.73 Å². The lowest BCUT2D eigenvalue weighted by molar-refractivity contribution is -0.118. The van der Waals surface area contributed by atoms with Gasteiger partial charge >= 0.3 is 0 Å². The van der Waals surface area contributed by atoms with E-state index in [1.54, 1.807) is 12.1 Å². The number of hydrogen-bond donors (Lipinski definition) is 1. The van der Waals surface area contributed by atoms with Gasteiger partial charge in [-0.2, -0.15) is 0 Å². The van der Waals surface area contributed by atoms with Crippen LogP contribution in [0.15, 0.2) is 33.9 Å². The van der Waals surface area contributed by atoms with Gasteiger partial charge in [0.05, 0.1) is 5.75 Å². The van der Waals surface area contributed by atoms with Crippen LogP contribution in [0.1, 0.15) is 12.8 Å². The molecular weight excluding hydrogens is 310 g/mol. The molecule has 1 heterocycles. The van der Waals surface area contributed by atoms with Crippen molar-refractivity contribution in [3.63, 3.8) is 0 Å². The van der Waals surface area contributed by atoms with E-state index in [1.807, 2.05) is 12.1 Å². The molecule has 1 aliphatic rings. The second-order valence-corrected chi connectivity index (χ2v) is 6.28. The number of carbonyl (C=O) groups excluding carboxylic acids is 1. The van der Waals surface area contributed by atoms with Crippen LogP contribution in [0, 0.1) is 5.92 Å². The Balaban J connectivity index is 1.52. The van der Waals surface area contributed by atoms with Crippen molar-refractivity contribution in [1.29, 1.82) is 0 Å². The maximum Gasteiger partial charge on any atom is 0.277 e. The molecule has 1 N–H and O–H groups in total. The minimum Gasteiger partial charge on any atom is -0.411 e. The average molecular weight is 324 g/mol. The Kier molecular flexibility index (Phi) is 4.45. The Labute approximate surface area is 131 Å². The minimum absolute atomic E-state index is 0.00172. The number of carbonyl (C=O) groups is 1. The number of nitrogens with zero attached hydrogens (tertiary/aromatic N) is 2. The predicted molar refractivity (Wildman–Crippen MR) is 81.2 cm³/mol. The summed E-state index contributed by atoms with van der Waals surface area (Å²) in [7, 11) is 0. The van der Waals surface area contributed by atoms with E-state index in [1.165, 1.54) is 24.6 Å². The van der Waals surface area contributed by atoms with Gasteiger partial charge in [0, 0.05) is 17.1 Å². The Morgan fingerprint density at radius 1 is 1.33 bits per heavy atom. The van der Waals surface area contributed by atoms with E-state index < -0.39 is 0 Å². The van der Waals surface area contributed by atoms with E-state index in [-0.39, 0.29) is 11.7 Å². The van der Waals surface area contributed by atoms with Crippen molar-refractivity contribution in [2.75, 3.05) is 12.3 Å². The lowest BCUT2D eigenvalue weighted by atomic mass is 10.2. The van der Waals surface area contributed by atoms with Crippen molar-refractivity contribution in [1.82, 2.24) is 15.5 Å². The van der Waals surface area contributed by atoms with Crippen LogP contribution in [0.3, 0.4) is 0 Å². The first-order valence-electron chi connectivity index (χ1n) is 6.69. The molecule has 0 saturated heterocycles. The monoisotopic (exact) mass is 323 g/mol. The van der Waals surface area contributed by atoms with Gasteiger partial charge in [0.15, 0.2) is 0 Å².